The van der Waals surface area contributed by atoms with Gasteiger partial charge in [0.05, 0.1) is 12.1 Å². The molecule has 0 bridgehead atoms. The lowest BCUT2D eigenvalue weighted by Gasteiger charge is -2.30. The first-order chi connectivity index (χ1) is 14.9. The Kier molecular flexibility index (Phi) is 10.1. The molecule has 0 unspecified atom stereocenters. The average Bonchev–Trinajstić information content (AvgIpc) is 2.76. The minimum atomic E-state index is -0.616. The van der Waals surface area contributed by atoms with Gasteiger partial charge in [0, 0.05) is 17.6 Å². The zero-order chi connectivity index (χ0) is 22.8. The fourth-order valence-corrected chi connectivity index (χ4v) is 3.80. The van der Waals surface area contributed by atoms with Crippen molar-refractivity contribution in [2.24, 2.45) is 0 Å². The van der Waals surface area contributed by atoms with E-state index in [1.807, 2.05) is 38.1 Å². The predicted octanol–water partition coefficient (Wildman–Crippen LogP) is 4.82. The van der Waals surface area contributed by atoms with Crippen molar-refractivity contribution in [3.63, 3.8) is 0 Å². The molecule has 2 aromatic rings. The minimum absolute atomic E-state index is 0.178. The van der Waals surface area contributed by atoms with Crippen LogP contribution in [-0.4, -0.2) is 43.0 Å². The van der Waals surface area contributed by atoms with Crippen LogP contribution in [0.5, 0.6) is 11.5 Å². The summed E-state index contributed by atoms with van der Waals surface area (Å²) in [6.45, 7) is 4.45. The molecule has 2 aromatic carbocycles. The van der Waals surface area contributed by atoms with Gasteiger partial charge in [-0.1, -0.05) is 53.5 Å². The molecule has 6 nitrogen and oxygen atoms in total. The van der Waals surface area contributed by atoms with E-state index in [9.17, 15) is 9.59 Å². The molecule has 0 saturated heterocycles. The molecule has 31 heavy (non-hydrogen) atoms. The topological polar surface area (TPSA) is 67.9 Å². The molecule has 0 aliphatic heterocycles. The lowest BCUT2D eigenvalue weighted by atomic mass is 10.1. The van der Waals surface area contributed by atoms with E-state index in [1.165, 1.54) is 0 Å². The van der Waals surface area contributed by atoms with Crippen molar-refractivity contribution in [3.05, 3.63) is 57.5 Å². The van der Waals surface area contributed by atoms with Gasteiger partial charge in [-0.15, -0.1) is 0 Å². The van der Waals surface area contributed by atoms with Gasteiger partial charge in [-0.25, -0.2) is 0 Å². The normalized spacial score (nSPS) is 11.5. The number of hydrogen-bond donors (Lipinski definition) is 1. The first-order valence-electron chi connectivity index (χ1n) is 10.2. The van der Waals surface area contributed by atoms with Gasteiger partial charge in [-0.2, -0.15) is 0 Å². The van der Waals surface area contributed by atoms with Crippen molar-refractivity contribution < 1.29 is 19.1 Å². The molecule has 2 amide bonds. The van der Waals surface area contributed by atoms with Gasteiger partial charge < -0.3 is 19.7 Å². The fourth-order valence-electron chi connectivity index (χ4n) is 3.07. The first kappa shape index (κ1) is 25.0. The molecule has 0 fully saturated rings. The Hall–Kier alpha value is -2.25. The van der Waals surface area contributed by atoms with Crippen molar-refractivity contribution in [3.8, 4) is 11.5 Å². The van der Waals surface area contributed by atoms with Crippen molar-refractivity contribution >= 4 is 39.3 Å². The van der Waals surface area contributed by atoms with Crippen molar-refractivity contribution in [1.82, 2.24) is 10.2 Å². The summed E-state index contributed by atoms with van der Waals surface area (Å²) in [5.41, 5.74) is 0.858. The number of nitrogens with one attached hydrogen (secondary N) is 1. The molecular weight excluding hydrogens is 484 g/mol. The number of benzene rings is 2. The molecule has 0 aliphatic rings. The maximum Gasteiger partial charge on any atom is 0.261 e. The van der Waals surface area contributed by atoms with E-state index in [0.29, 0.717) is 29.5 Å². The third-order valence-corrected chi connectivity index (χ3v) is 5.46. The molecule has 0 spiro atoms. The molecule has 8 heteroatoms. The fraction of sp³-hybridized carbons (Fsp3) is 0.391. The van der Waals surface area contributed by atoms with E-state index >= 15 is 0 Å². The number of ether oxygens (including phenoxy) is 2. The van der Waals surface area contributed by atoms with E-state index in [4.69, 9.17) is 21.1 Å². The minimum Gasteiger partial charge on any atom is -0.497 e. The number of hydrogen-bond acceptors (Lipinski definition) is 4. The van der Waals surface area contributed by atoms with Gasteiger partial charge in [-0.3, -0.25) is 9.59 Å². The summed E-state index contributed by atoms with van der Waals surface area (Å²) >= 11 is 9.54. The number of nitrogens with zero attached hydrogens (tertiary/aromatic N) is 1. The molecule has 0 saturated carbocycles. The zero-order valence-electron chi connectivity index (χ0n) is 18.0. The van der Waals surface area contributed by atoms with Crippen molar-refractivity contribution in [2.45, 2.75) is 39.3 Å². The summed E-state index contributed by atoms with van der Waals surface area (Å²) in [6.07, 6.45) is 1.29. The molecule has 0 aliphatic carbocycles. The summed E-state index contributed by atoms with van der Waals surface area (Å²) in [7, 11) is 1.59. The number of methoxy groups -OCH3 is 1. The monoisotopic (exact) mass is 510 g/mol. The number of amides is 2. The Balaban J connectivity index is 2.23. The second kappa shape index (κ2) is 12.6. The van der Waals surface area contributed by atoms with Crippen LogP contribution in [0.4, 0.5) is 0 Å². The Bertz CT molecular complexity index is 894. The summed E-state index contributed by atoms with van der Waals surface area (Å²) in [5.74, 6) is 0.608. The molecule has 2 rings (SSSR count). The van der Waals surface area contributed by atoms with E-state index in [-0.39, 0.29) is 25.0 Å². The van der Waals surface area contributed by atoms with Crippen LogP contribution in [0, 0.1) is 0 Å². The SMILES string of the molecule is CCCNC(=O)[C@H](CC)N(Cc1cccc(OC)c1)C(=O)COc1ccc(Br)cc1Cl. The molecule has 0 radical (unpaired) electrons. The van der Waals surface area contributed by atoms with Gasteiger partial charge in [-0.05, 0) is 48.7 Å². The average molecular weight is 512 g/mol. The van der Waals surface area contributed by atoms with Crippen LogP contribution >= 0.6 is 27.5 Å². The van der Waals surface area contributed by atoms with Crippen LogP contribution in [0.15, 0.2) is 46.9 Å². The molecule has 0 aromatic heterocycles. The van der Waals surface area contributed by atoms with Gasteiger partial charge in [0.2, 0.25) is 5.91 Å². The van der Waals surface area contributed by atoms with E-state index in [0.717, 1.165) is 16.5 Å². The highest BCUT2D eigenvalue weighted by Gasteiger charge is 2.29. The van der Waals surface area contributed by atoms with E-state index in [2.05, 4.69) is 21.2 Å². The first-order valence-corrected chi connectivity index (χ1v) is 11.3. The predicted molar refractivity (Wildman–Crippen MR) is 126 cm³/mol. The molecule has 0 heterocycles. The van der Waals surface area contributed by atoms with Gasteiger partial charge in [0.1, 0.15) is 17.5 Å². The summed E-state index contributed by atoms with van der Waals surface area (Å²) in [6, 6.07) is 12.0. The van der Waals surface area contributed by atoms with Crippen LogP contribution in [0.2, 0.25) is 5.02 Å². The zero-order valence-corrected chi connectivity index (χ0v) is 20.3. The van der Waals surface area contributed by atoms with Crippen LogP contribution in [0.25, 0.3) is 0 Å². The third kappa shape index (κ3) is 7.43. The Morgan fingerprint density at radius 2 is 1.97 bits per heavy atom. The number of rotatable bonds is 11. The number of carbonyl (C=O) groups is 2. The highest BCUT2D eigenvalue weighted by atomic mass is 79.9. The Morgan fingerprint density at radius 3 is 2.61 bits per heavy atom. The highest BCUT2D eigenvalue weighted by molar-refractivity contribution is 9.10. The highest BCUT2D eigenvalue weighted by Crippen LogP contribution is 2.28. The number of carbonyl (C=O) groups excluding carboxylic acids is 2. The van der Waals surface area contributed by atoms with Crippen LogP contribution < -0.4 is 14.8 Å². The molecule has 168 valence electrons. The second-order valence-electron chi connectivity index (χ2n) is 6.95. The Morgan fingerprint density at radius 1 is 1.19 bits per heavy atom. The van der Waals surface area contributed by atoms with Crippen LogP contribution in [0.3, 0.4) is 0 Å². The Labute approximate surface area is 197 Å². The van der Waals surface area contributed by atoms with Crippen LogP contribution in [0.1, 0.15) is 32.3 Å². The molecule has 1 N–H and O–H groups in total. The summed E-state index contributed by atoms with van der Waals surface area (Å²) in [4.78, 5) is 27.5. The lowest BCUT2D eigenvalue weighted by Crippen LogP contribution is -2.50. The largest absolute Gasteiger partial charge is 0.497 e. The third-order valence-electron chi connectivity index (χ3n) is 4.67. The molecular formula is C23H28BrClN2O4. The van der Waals surface area contributed by atoms with Gasteiger partial charge >= 0.3 is 0 Å². The lowest BCUT2D eigenvalue weighted by molar-refractivity contribution is -0.143. The van der Waals surface area contributed by atoms with Gasteiger partial charge in [0.25, 0.3) is 5.91 Å². The van der Waals surface area contributed by atoms with Crippen molar-refractivity contribution in [1.29, 1.82) is 0 Å². The van der Waals surface area contributed by atoms with Gasteiger partial charge in [0.15, 0.2) is 6.61 Å². The van der Waals surface area contributed by atoms with Crippen LogP contribution in [-0.2, 0) is 16.1 Å². The van der Waals surface area contributed by atoms with Crippen molar-refractivity contribution in [2.75, 3.05) is 20.3 Å². The quantitative estimate of drug-likeness (QED) is 0.469. The standard InChI is InChI=1S/C23H28BrClN2O4/c1-4-11-26-23(29)20(5-2)27(14-16-7-6-8-18(12-16)30-3)22(28)15-31-21-10-9-17(24)13-19(21)25/h6-10,12-13,20H,4-5,11,14-15H2,1-3H3,(H,26,29)/t20-/m0/s1. The van der Waals surface area contributed by atoms with E-state index in [1.54, 1.807) is 30.2 Å². The van der Waals surface area contributed by atoms with E-state index < -0.39 is 6.04 Å². The smallest absolute Gasteiger partial charge is 0.261 e. The maximum atomic E-state index is 13.2. The summed E-state index contributed by atoms with van der Waals surface area (Å²) in [5, 5.41) is 3.29. The molecule has 1 atom stereocenters. The maximum absolute atomic E-state index is 13.2. The summed E-state index contributed by atoms with van der Waals surface area (Å²) < 4.78 is 11.8. The number of halogens is 2. The second-order valence-corrected chi connectivity index (χ2v) is 8.27.